The molecule has 6 nitrogen and oxygen atoms in total. The summed E-state index contributed by atoms with van der Waals surface area (Å²) in [6, 6.07) is 1.01. The van der Waals surface area contributed by atoms with Gasteiger partial charge in [0, 0.05) is 30.6 Å². The molecule has 0 bridgehead atoms. The number of halogens is 2. The molecule has 0 radical (unpaired) electrons. The topological polar surface area (TPSA) is 53.4 Å². The number of fused-ring (bicyclic) bond motifs is 1. The second kappa shape index (κ2) is 9.20. The van der Waals surface area contributed by atoms with E-state index in [1.54, 1.807) is 0 Å². The average molecular weight is 426 g/mol. The van der Waals surface area contributed by atoms with Crippen molar-refractivity contribution in [2.24, 2.45) is 5.92 Å². The van der Waals surface area contributed by atoms with Crippen LogP contribution < -0.4 is 5.32 Å². The van der Waals surface area contributed by atoms with Crippen molar-refractivity contribution in [1.29, 1.82) is 0 Å². The summed E-state index contributed by atoms with van der Waals surface area (Å²) in [6.07, 6.45) is -0.388. The van der Waals surface area contributed by atoms with Crippen LogP contribution in [-0.2, 0) is 10.2 Å². The lowest BCUT2D eigenvalue weighted by Gasteiger charge is -2.40. The van der Waals surface area contributed by atoms with E-state index in [1.165, 1.54) is 4.68 Å². The molecule has 0 aromatic carbocycles. The lowest BCUT2D eigenvalue weighted by molar-refractivity contribution is -0.133. The molecule has 3 rings (SSSR count). The smallest absolute Gasteiger partial charge is 0.260 e. The van der Waals surface area contributed by atoms with Gasteiger partial charge in [-0.15, -0.1) is 0 Å². The summed E-state index contributed by atoms with van der Waals surface area (Å²) in [7, 11) is 0. The van der Waals surface area contributed by atoms with Crippen molar-refractivity contribution >= 4 is 11.7 Å². The standard InChI is InChI=1S/C22H37F2N5O/c1-6-27(7-2)14-20(30)28-10-8-15(9-11-28)16-12-17(21(23)24)29-19(25-16)13-18(26-29)22(3,4)5/h13,15-17,21,25H,6-12,14H2,1-5H3/t16-,17+/m0/s1. The van der Waals surface area contributed by atoms with Crippen LogP contribution in [0.25, 0.3) is 0 Å². The Morgan fingerprint density at radius 1 is 1.27 bits per heavy atom. The van der Waals surface area contributed by atoms with Crippen LogP contribution in [0, 0.1) is 5.92 Å². The Morgan fingerprint density at radius 2 is 1.90 bits per heavy atom. The van der Waals surface area contributed by atoms with E-state index in [1.807, 2.05) is 31.7 Å². The van der Waals surface area contributed by atoms with Gasteiger partial charge < -0.3 is 10.2 Å². The molecule has 0 spiro atoms. The molecule has 1 aromatic rings. The van der Waals surface area contributed by atoms with Gasteiger partial charge in [-0.25, -0.2) is 13.5 Å². The largest absolute Gasteiger partial charge is 0.367 e. The number of piperidine rings is 1. The lowest BCUT2D eigenvalue weighted by atomic mass is 9.85. The molecule has 2 aliphatic heterocycles. The van der Waals surface area contributed by atoms with E-state index in [0.29, 0.717) is 31.9 Å². The normalized spacial score (nSPS) is 23.0. The molecule has 170 valence electrons. The number of aromatic nitrogens is 2. The number of carbonyl (C=O) groups excluding carboxylic acids is 1. The van der Waals surface area contributed by atoms with Gasteiger partial charge in [-0.2, -0.15) is 5.10 Å². The molecule has 1 N–H and O–H groups in total. The molecule has 30 heavy (non-hydrogen) atoms. The Balaban J connectivity index is 1.65. The lowest BCUT2D eigenvalue weighted by Crippen LogP contribution is -2.48. The van der Waals surface area contributed by atoms with Gasteiger partial charge in [0.2, 0.25) is 5.91 Å². The number of likely N-dealkylation sites (N-methyl/N-ethyl adjacent to an activating group) is 1. The molecule has 1 aromatic heterocycles. The minimum absolute atomic E-state index is 0.0129. The molecular formula is C22H37F2N5O. The van der Waals surface area contributed by atoms with E-state index in [9.17, 15) is 13.6 Å². The van der Waals surface area contributed by atoms with Crippen LogP contribution in [0.3, 0.4) is 0 Å². The first-order valence-corrected chi connectivity index (χ1v) is 11.3. The van der Waals surface area contributed by atoms with E-state index < -0.39 is 12.5 Å². The van der Waals surface area contributed by atoms with Crippen LogP contribution in [0.4, 0.5) is 14.6 Å². The van der Waals surface area contributed by atoms with E-state index in [0.717, 1.165) is 31.6 Å². The molecular weight excluding hydrogens is 388 g/mol. The maximum Gasteiger partial charge on any atom is 0.260 e. The Morgan fingerprint density at radius 3 is 2.43 bits per heavy atom. The Hall–Kier alpha value is -1.70. The van der Waals surface area contributed by atoms with Crippen molar-refractivity contribution in [2.75, 3.05) is 38.0 Å². The predicted molar refractivity (Wildman–Crippen MR) is 115 cm³/mol. The van der Waals surface area contributed by atoms with Crippen molar-refractivity contribution in [1.82, 2.24) is 19.6 Å². The van der Waals surface area contributed by atoms with E-state index in [2.05, 4.69) is 29.2 Å². The van der Waals surface area contributed by atoms with Crippen molar-refractivity contribution < 1.29 is 13.6 Å². The summed E-state index contributed by atoms with van der Waals surface area (Å²) < 4.78 is 29.2. The SMILES string of the molecule is CCN(CC)CC(=O)N1CCC([C@@H]2C[C@H](C(F)F)n3nc(C(C)(C)C)cc3N2)CC1. The van der Waals surface area contributed by atoms with Gasteiger partial charge in [0.25, 0.3) is 6.43 Å². The summed E-state index contributed by atoms with van der Waals surface area (Å²) in [5, 5.41) is 7.99. The first-order valence-electron chi connectivity index (χ1n) is 11.3. The van der Waals surface area contributed by atoms with Crippen molar-refractivity contribution in [3.8, 4) is 0 Å². The quantitative estimate of drug-likeness (QED) is 0.754. The zero-order valence-corrected chi connectivity index (χ0v) is 19.0. The van der Waals surface area contributed by atoms with Gasteiger partial charge in [0.15, 0.2) is 0 Å². The minimum Gasteiger partial charge on any atom is -0.367 e. The highest BCUT2D eigenvalue weighted by Gasteiger charge is 2.39. The molecule has 0 unspecified atom stereocenters. The van der Waals surface area contributed by atoms with Crippen LogP contribution in [0.1, 0.15) is 65.6 Å². The predicted octanol–water partition coefficient (Wildman–Crippen LogP) is 3.75. The highest BCUT2D eigenvalue weighted by Crippen LogP contribution is 2.38. The van der Waals surface area contributed by atoms with Crippen molar-refractivity contribution in [2.45, 2.75) is 77.8 Å². The third kappa shape index (κ3) is 4.95. The number of alkyl halides is 2. The zero-order valence-electron chi connectivity index (χ0n) is 19.0. The van der Waals surface area contributed by atoms with Gasteiger partial charge in [-0.1, -0.05) is 34.6 Å². The fraction of sp³-hybridized carbons (Fsp3) is 0.818. The number of hydrogen-bond acceptors (Lipinski definition) is 4. The molecule has 8 heteroatoms. The number of likely N-dealkylation sites (tertiary alicyclic amines) is 1. The monoisotopic (exact) mass is 425 g/mol. The van der Waals surface area contributed by atoms with E-state index in [4.69, 9.17) is 0 Å². The van der Waals surface area contributed by atoms with Crippen molar-refractivity contribution in [3.63, 3.8) is 0 Å². The van der Waals surface area contributed by atoms with Crippen LogP contribution in [-0.4, -0.2) is 70.7 Å². The second-order valence-electron chi connectivity index (χ2n) is 9.68. The maximum absolute atomic E-state index is 13.9. The van der Waals surface area contributed by atoms with E-state index in [-0.39, 0.29) is 23.3 Å². The number of carbonyl (C=O) groups is 1. The average Bonchev–Trinajstić information content (AvgIpc) is 3.15. The third-order valence-corrected chi connectivity index (χ3v) is 6.65. The number of rotatable bonds is 6. The van der Waals surface area contributed by atoms with Gasteiger partial charge in [0.1, 0.15) is 11.9 Å². The van der Waals surface area contributed by atoms with Gasteiger partial charge in [-0.05, 0) is 38.3 Å². The third-order valence-electron chi connectivity index (χ3n) is 6.65. The van der Waals surface area contributed by atoms with Crippen LogP contribution >= 0.6 is 0 Å². The molecule has 0 saturated carbocycles. The van der Waals surface area contributed by atoms with Gasteiger partial charge in [-0.3, -0.25) is 9.69 Å². The highest BCUT2D eigenvalue weighted by atomic mass is 19.3. The fourth-order valence-electron chi connectivity index (χ4n) is 4.54. The second-order valence-corrected chi connectivity index (χ2v) is 9.68. The van der Waals surface area contributed by atoms with Crippen molar-refractivity contribution in [3.05, 3.63) is 11.8 Å². The Labute approximate surface area is 179 Å². The Kier molecular flexibility index (Phi) is 7.05. The molecule has 1 saturated heterocycles. The summed E-state index contributed by atoms with van der Waals surface area (Å²) in [5.41, 5.74) is 0.637. The summed E-state index contributed by atoms with van der Waals surface area (Å²) in [5.74, 6) is 1.15. The molecule has 0 aliphatic carbocycles. The summed E-state index contributed by atoms with van der Waals surface area (Å²) >= 11 is 0. The highest BCUT2D eigenvalue weighted by molar-refractivity contribution is 5.78. The van der Waals surface area contributed by atoms with Crippen LogP contribution in [0.15, 0.2) is 6.07 Å². The number of amides is 1. The first-order chi connectivity index (χ1) is 14.1. The van der Waals surface area contributed by atoms with Crippen LogP contribution in [0.2, 0.25) is 0 Å². The first kappa shape index (κ1) is 23.0. The number of nitrogens with zero attached hydrogens (tertiary/aromatic N) is 4. The zero-order chi connectivity index (χ0) is 22.1. The minimum atomic E-state index is -2.45. The number of hydrogen-bond donors (Lipinski definition) is 1. The number of anilines is 1. The number of nitrogens with one attached hydrogen (secondary N) is 1. The van der Waals surface area contributed by atoms with Gasteiger partial charge >= 0.3 is 0 Å². The summed E-state index contributed by atoms with van der Waals surface area (Å²) in [4.78, 5) is 16.6. The van der Waals surface area contributed by atoms with Gasteiger partial charge in [0.05, 0.1) is 12.2 Å². The molecule has 2 atom stereocenters. The van der Waals surface area contributed by atoms with E-state index >= 15 is 0 Å². The molecule has 2 aliphatic rings. The molecule has 1 fully saturated rings. The maximum atomic E-state index is 13.9. The fourth-order valence-corrected chi connectivity index (χ4v) is 4.54. The molecule has 1 amide bonds. The van der Waals surface area contributed by atoms with Crippen LogP contribution in [0.5, 0.6) is 0 Å². The Bertz CT molecular complexity index is 718. The summed E-state index contributed by atoms with van der Waals surface area (Å²) in [6.45, 7) is 13.8. The molecule has 3 heterocycles.